The quantitative estimate of drug-likeness (QED) is 0.448. The first kappa shape index (κ1) is 20.0. The molecule has 1 unspecified atom stereocenters. The SMILES string of the molecule is CN1C2=CC=CC1=C1NC(F)=CC=C1N1c3cc(C(F)(F)F)nn3C3C=CC=C(N31)C2(C)C. The van der Waals surface area contributed by atoms with Gasteiger partial charge in [0.05, 0.1) is 17.1 Å². The van der Waals surface area contributed by atoms with Crippen molar-refractivity contribution in [3.05, 3.63) is 94.8 Å². The minimum atomic E-state index is -4.59. The van der Waals surface area contributed by atoms with Gasteiger partial charge in [0.2, 0.25) is 0 Å². The Labute approximate surface area is 187 Å². The van der Waals surface area contributed by atoms with Crippen LogP contribution in [0.5, 0.6) is 0 Å². The van der Waals surface area contributed by atoms with Crippen molar-refractivity contribution < 1.29 is 17.6 Å². The molecule has 10 heteroatoms. The number of hydrogen-bond donors (Lipinski definition) is 1. The van der Waals surface area contributed by atoms with Crippen LogP contribution in [0.4, 0.5) is 23.4 Å². The predicted octanol–water partition coefficient (Wildman–Crippen LogP) is 4.83. The number of nitrogens with zero attached hydrogens (tertiary/aromatic N) is 5. The molecule has 0 amide bonds. The third-order valence-electron chi connectivity index (χ3n) is 6.61. The number of alkyl halides is 3. The average molecular weight is 456 g/mol. The molecular formula is C23H20F4N6. The molecule has 6 rings (SSSR count). The zero-order valence-corrected chi connectivity index (χ0v) is 18.0. The normalized spacial score (nSPS) is 24.6. The number of allylic oxidation sites excluding steroid dienone is 7. The highest BCUT2D eigenvalue weighted by molar-refractivity contribution is 5.63. The molecule has 0 radical (unpaired) electrons. The molecule has 0 saturated carbocycles. The fraction of sp³-hybridized carbons (Fsp3) is 0.261. The molecule has 0 aromatic carbocycles. The molecule has 1 aromatic heterocycles. The van der Waals surface area contributed by atoms with Crippen LogP contribution in [-0.2, 0) is 6.18 Å². The minimum Gasteiger partial charge on any atom is -0.345 e. The summed E-state index contributed by atoms with van der Waals surface area (Å²) in [5.74, 6) is -0.299. The van der Waals surface area contributed by atoms with Gasteiger partial charge < -0.3 is 10.2 Å². The monoisotopic (exact) mass is 456 g/mol. The van der Waals surface area contributed by atoms with Crippen LogP contribution in [0.1, 0.15) is 25.7 Å². The molecule has 6 heterocycles. The van der Waals surface area contributed by atoms with Crippen molar-refractivity contribution in [2.45, 2.75) is 26.2 Å². The average Bonchev–Trinajstić information content (AvgIpc) is 3.31. The Morgan fingerprint density at radius 3 is 2.58 bits per heavy atom. The van der Waals surface area contributed by atoms with E-state index in [2.05, 4.69) is 24.3 Å². The molecule has 0 aliphatic carbocycles. The molecular weight excluding hydrogens is 436 g/mol. The number of rotatable bonds is 0. The maximum Gasteiger partial charge on any atom is 0.435 e. The zero-order chi connectivity index (χ0) is 23.3. The van der Waals surface area contributed by atoms with E-state index >= 15 is 0 Å². The van der Waals surface area contributed by atoms with Gasteiger partial charge in [0.25, 0.3) is 0 Å². The van der Waals surface area contributed by atoms with Crippen LogP contribution in [-0.4, -0.2) is 26.7 Å². The number of aromatic nitrogens is 2. The highest BCUT2D eigenvalue weighted by atomic mass is 19.4. The molecule has 6 nitrogen and oxygen atoms in total. The van der Waals surface area contributed by atoms with E-state index < -0.39 is 29.4 Å². The number of hydrazine groups is 1. The number of likely N-dealkylation sites (N-methyl/N-ethyl adjacent to an activating group) is 1. The topological polar surface area (TPSA) is 39.6 Å². The van der Waals surface area contributed by atoms with Gasteiger partial charge in [-0.05, 0) is 50.3 Å². The van der Waals surface area contributed by atoms with Gasteiger partial charge in [-0.15, -0.1) is 0 Å². The molecule has 1 atom stereocenters. The van der Waals surface area contributed by atoms with Crippen molar-refractivity contribution in [3.8, 4) is 0 Å². The fourth-order valence-corrected chi connectivity index (χ4v) is 5.10. The van der Waals surface area contributed by atoms with E-state index in [1.165, 1.54) is 10.8 Å². The lowest BCUT2D eigenvalue weighted by Crippen LogP contribution is -2.45. The molecule has 0 spiro atoms. The summed E-state index contributed by atoms with van der Waals surface area (Å²) < 4.78 is 56.5. The lowest BCUT2D eigenvalue weighted by molar-refractivity contribution is -0.141. The first-order chi connectivity index (χ1) is 15.6. The van der Waals surface area contributed by atoms with Crippen LogP contribution in [0.3, 0.4) is 0 Å². The van der Waals surface area contributed by atoms with E-state index in [9.17, 15) is 17.6 Å². The standard InChI is InChI=1S/C23H20F4N6/c1-22(2)16-7-4-6-13(30(16)3)21-14(10-11-18(24)28-21)32-20-12-15(23(25,26)27)29-31(20)19-9-5-8-17(22)33(19)32/h4-12,19,28H,1-3H3. The molecule has 33 heavy (non-hydrogen) atoms. The van der Waals surface area contributed by atoms with Crippen LogP contribution in [0.15, 0.2) is 89.1 Å². The van der Waals surface area contributed by atoms with E-state index in [4.69, 9.17) is 0 Å². The largest absolute Gasteiger partial charge is 0.435 e. The second kappa shape index (κ2) is 6.21. The highest BCUT2D eigenvalue weighted by Crippen LogP contribution is 2.52. The van der Waals surface area contributed by atoms with Gasteiger partial charge in [-0.25, -0.2) is 9.69 Å². The Morgan fingerprint density at radius 2 is 1.82 bits per heavy atom. The second-order valence-electron chi connectivity index (χ2n) is 8.88. The first-order valence-corrected chi connectivity index (χ1v) is 10.5. The number of anilines is 1. The molecule has 0 fully saturated rings. The molecule has 5 aliphatic heterocycles. The van der Waals surface area contributed by atoms with Crippen LogP contribution in [0, 0.1) is 5.41 Å². The minimum absolute atomic E-state index is 0.250. The van der Waals surface area contributed by atoms with Gasteiger partial charge in [0.15, 0.2) is 23.6 Å². The van der Waals surface area contributed by atoms with Gasteiger partial charge in [-0.1, -0.05) is 12.2 Å². The lowest BCUT2D eigenvalue weighted by Gasteiger charge is -2.44. The number of nitrogens with one attached hydrogen (secondary N) is 1. The molecule has 170 valence electrons. The van der Waals surface area contributed by atoms with Crippen molar-refractivity contribution in [3.63, 3.8) is 0 Å². The van der Waals surface area contributed by atoms with Crippen LogP contribution >= 0.6 is 0 Å². The lowest BCUT2D eigenvalue weighted by atomic mass is 9.81. The van der Waals surface area contributed by atoms with E-state index in [0.29, 0.717) is 17.1 Å². The van der Waals surface area contributed by atoms with Gasteiger partial charge in [0, 0.05) is 29.9 Å². The molecule has 5 aliphatic rings. The summed E-state index contributed by atoms with van der Waals surface area (Å²) in [4.78, 5) is 1.99. The van der Waals surface area contributed by atoms with Gasteiger partial charge in [-0.2, -0.15) is 22.7 Å². The molecule has 0 saturated heterocycles. The van der Waals surface area contributed by atoms with Crippen molar-refractivity contribution in [2.75, 3.05) is 12.1 Å². The summed E-state index contributed by atoms with van der Waals surface area (Å²) in [5, 5.41) is 10.4. The number of dihydropyridines is 1. The Bertz CT molecular complexity index is 1300. The van der Waals surface area contributed by atoms with Crippen molar-refractivity contribution >= 4 is 5.82 Å². The first-order valence-electron chi connectivity index (χ1n) is 10.5. The van der Waals surface area contributed by atoms with Crippen LogP contribution in [0.25, 0.3) is 0 Å². The molecule has 1 aromatic rings. The maximum atomic E-state index is 14.4. The van der Waals surface area contributed by atoms with Crippen molar-refractivity contribution in [2.24, 2.45) is 5.41 Å². The van der Waals surface area contributed by atoms with Gasteiger partial charge in [-0.3, -0.25) is 5.01 Å². The zero-order valence-electron chi connectivity index (χ0n) is 18.0. The summed E-state index contributed by atoms with van der Waals surface area (Å²) >= 11 is 0. The van der Waals surface area contributed by atoms with Gasteiger partial charge in [0.1, 0.15) is 0 Å². The fourth-order valence-electron chi connectivity index (χ4n) is 5.10. The summed E-state index contributed by atoms with van der Waals surface area (Å²) in [6, 6.07) is 1.04. The Balaban J connectivity index is 1.68. The maximum absolute atomic E-state index is 14.4. The van der Waals surface area contributed by atoms with Crippen molar-refractivity contribution in [1.29, 1.82) is 0 Å². The molecule has 1 N–H and O–H groups in total. The third kappa shape index (κ3) is 2.57. The van der Waals surface area contributed by atoms with E-state index in [1.807, 2.05) is 47.3 Å². The summed E-state index contributed by atoms with van der Waals surface area (Å²) in [7, 11) is 1.91. The van der Waals surface area contributed by atoms with E-state index in [-0.39, 0.29) is 5.82 Å². The molecule has 2 bridgehead atoms. The van der Waals surface area contributed by atoms with E-state index in [1.54, 1.807) is 17.2 Å². The Hall–Kier alpha value is -3.69. The predicted molar refractivity (Wildman–Crippen MR) is 114 cm³/mol. The summed E-state index contributed by atoms with van der Waals surface area (Å²) in [6.45, 7) is 4.13. The number of halogens is 4. The van der Waals surface area contributed by atoms with Crippen LogP contribution in [0.2, 0.25) is 0 Å². The smallest absolute Gasteiger partial charge is 0.345 e. The number of fused-ring (bicyclic) bond motifs is 7. The summed E-state index contributed by atoms with van der Waals surface area (Å²) in [5.41, 5.74) is 2.00. The van der Waals surface area contributed by atoms with Crippen LogP contribution < -0.4 is 10.3 Å². The third-order valence-corrected chi connectivity index (χ3v) is 6.61. The highest BCUT2D eigenvalue weighted by Gasteiger charge is 2.50. The van der Waals surface area contributed by atoms with E-state index in [0.717, 1.165) is 17.5 Å². The second-order valence-corrected chi connectivity index (χ2v) is 8.88. The Morgan fingerprint density at radius 1 is 1.06 bits per heavy atom. The van der Waals surface area contributed by atoms with Gasteiger partial charge >= 0.3 is 6.18 Å². The van der Waals surface area contributed by atoms with Crippen molar-refractivity contribution in [1.82, 2.24) is 25.0 Å². The Kier molecular flexibility index (Phi) is 3.76. The summed E-state index contributed by atoms with van der Waals surface area (Å²) in [6.07, 6.45) is 9.04. The number of hydrogen-bond acceptors (Lipinski definition) is 5.